The van der Waals surface area contributed by atoms with Crippen molar-refractivity contribution in [3.63, 3.8) is 0 Å². The normalized spacial score (nSPS) is 35.4. The fourth-order valence-electron chi connectivity index (χ4n) is 3.37. The molecule has 0 aliphatic heterocycles. The Morgan fingerprint density at radius 3 is 2.73 bits per heavy atom. The maximum absolute atomic E-state index is 4.31. The molecular formula is C15H24. The molecule has 0 heterocycles. The Balaban J connectivity index is 2.15. The number of hydrogen-bond acceptors (Lipinski definition) is 0. The van der Waals surface area contributed by atoms with Gasteiger partial charge in [0.05, 0.1) is 0 Å². The monoisotopic (exact) mass is 204 g/mol. The first kappa shape index (κ1) is 11.0. The van der Waals surface area contributed by atoms with Crippen LogP contribution in [-0.2, 0) is 0 Å². The molecular weight excluding hydrogens is 180 g/mol. The van der Waals surface area contributed by atoms with Gasteiger partial charge in [0.2, 0.25) is 0 Å². The van der Waals surface area contributed by atoms with E-state index >= 15 is 0 Å². The van der Waals surface area contributed by atoms with Gasteiger partial charge in [-0.1, -0.05) is 37.6 Å². The second-order valence-electron chi connectivity index (χ2n) is 6.20. The maximum Gasteiger partial charge on any atom is -0.0164 e. The molecule has 1 saturated carbocycles. The summed E-state index contributed by atoms with van der Waals surface area (Å²) in [5, 5.41) is 0. The number of rotatable bonds is 0. The van der Waals surface area contributed by atoms with Gasteiger partial charge in [0.25, 0.3) is 0 Å². The minimum atomic E-state index is 0.550. The average molecular weight is 204 g/mol. The van der Waals surface area contributed by atoms with E-state index in [2.05, 4.69) is 33.4 Å². The summed E-state index contributed by atoms with van der Waals surface area (Å²) in [5.74, 6) is 1.68. The van der Waals surface area contributed by atoms with E-state index in [4.69, 9.17) is 0 Å². The summed E-state index contributed by atoms with van der Waals surface area (Å²) in [5.41, 5.74) is 3.67. The zero-order valence-electron chi connectivity index (χ0n) is 10.5. The molecule has 0 spiro atoms. The van der Waals surface area contributed by atoms with Crippen LogP contribution < -0.4 is 0 Å². The lowest BCUT2D eigenvalue weighted by atomic mass is 9.52. The minimum Gasteiger partial charge on any atom is -0.0996 e. The molecule has 2 atom stereocenters. The van der Waals surface area contributed by atoms with Gasteiger partial charge in [-0.15, -0.1) is 0 Å². The van der Waals surface area contributed by atoms with E-state index in [1.807, 2.05) is 0 Å². The molecule has 15 heavy (non-hydrogen) atoms. The Bertz CT molecular complexity index is 293. The van der Waals surface area contributed by atoms with Gasteiger partial charge >= 0.3 is 0 Å². The van der Waals surface area contributed by atoms with Crippen molar-refractivity contribution in [2.24, 2.45) is 17.3 Å². The van der Waals surface area contributed by atoms with E-state index < -0.39 is 0 Å². The SMILES string of the molecule is C=C1CCCC(C)=CCC2C1CC2(C)C. The topological polar surface area (TPSA) is 0 Å². The van der Waals surface area contributed by atoms with Gasteiger partial charge in [0.1, 0.15) is 0 Å². The summed E-state index contributed by atoms with van der Waals surface area (Å²) in [7, 11) is 0. The van der Waals surface area contributed by atoms with E-state index in [0.29, 0.717) is 5.41 Å². The standard InChI is InChI=1S/C15H24/c1-11-6-5-7-12(2)13-10-15(3,4)14(13)9-8-11/h8,13-14H,2,5-7,9-10H2,1,3-4H3. The molecule has 0 aromatic heterocycles. The van der Waals surface area contributed by atoms with Crippen molar-refractivity contribution in [1.82, 2.24) is 0 Å². The third-order valence-corrected chi connectivity index (χ3v) is 4.55. The number of allylic oxidation sites excluding steroid dienone is 3. The van der Waals surface area contributed by atoms with Gasteiger partial charge in [-0.2, -0.15) is 0 Å². The Kier molecular flexibility index (Phi) is 2.79. The van der Waals surface area contributed by atoms with Crippen LogP contribution in [0.15, 0.2) is 23.8 Å². The van der Waals surface area contributed by atoms with E-state index in [1.54, 1.807) is 5.57 Å². The van der Waals surface area contributed by atoms with Gasteiger partial charge in [0, 0.05) is 0 Å². The highest BCUT2D eigenvalue weighted by Gasteiger charge is 2.47. The first-order valence-corrected chi connectivity index (χ1v) is 6.34. The van der Waals surface area contributed by atoms with Crippen molar-refractivity contribution in [2.45, 2.75) is 52.9 Å². The van der Waals surface area contributed by atoms with Crippen molar-refractivity contribution in [3.8, 4) is 0 Å². The first-order valence-electron chi connectivity index (χ1n) is 6.34. The maximum atomic E-state index is 4.31. The van der Waals surface area contributed by atoms with Gasteiger partial charge < -0.3 is 0 Å². The lowest BCUT2D eigenvalue weighted by Gasteiger charge is -2.52. The third kappa shape index (κ3) is 2.04. The quantitative estimate of drug-likeness (QED) is 0.501. The van der Waals surface area contributed by atoms with Gasteiger partial charge in [-0.05, 0) is 56.3 Å². The average Bonchev–Trinajstić information content (AvgIpc) is 2.18. The van der Waals surface area contributed by atoms with Gasteiger partial charge in [0.15, 0.2) is 0 Å². The Labute approximate surface area is 94.5 Å². The van der Waals surface area contributed by atoms with Crippen LogP contribution in [0, 0.1) is 17.3 Å². The predicted octanol–water partition coefficient (Wildman–Crippen LogP) is 4.73. The first-order chi connectivity index (χ1) is 7.00. The van der Waals surface area contributed by atoms with Crippen molar-refractivity contribution >= 4 is 0 Å². The minimum absolute atomic E-state index is 0.550. The lowest BCUT2D eigenvalue weighted by molar-refractivity contribution is 0.0121. The van der Waals surface area contributed by atoms with E-state index in [1.165, 1.54) is 37.7 Å². The molecule has 0 radical (unpaired) electrons. The summed E-state index contributed by atoms with van der Waals surface area (Å²) >= 11 is 0. The lowest BCUT2D eigenvalue weighted by Crippen LogP contribution is -2.44. The summed E-state index contributed by atoms with van der Waals surface area (Å²) < 4.78 is 0. The molecule has 0 N–H and O–H groups in total. The molecule has 1 fully saturated rings. The zero-order chi connectivity index (χ0) is 11.1. The van der Waals surface area contributed by atoms with Crippen LogP contribution in [-0.4, -0.2) is 0 Å². The molecule has 0 aromatic carbocycles. The molecule has 0 bridgehead atoms. The van der Waals surface area contributed by atoms with Crippen LogP contribution in [0.3, 0.4) is 0 Å². The highest BCUT2D eigenvalue weighted by Crippen LogP contribution is 2.56. The highest BCUT2D eigenvalue weighted by molar-refractivity contribution is 5.16. The zero-order valence-corrected chi connectivity index (χ0v) is 10.5. The van der Waals surface area contributed by atoms with Gasteiger partial charge in [-0.25, -0.2) is 0 Å². The van der Waals surface area contributed by atoms with Crippen molar-refractivity contribution in [3.05, 3.63) is 23.8 Å². The molecule has 0 nitrogen and oxygen atoms in total. The fraction of sp³-hybridized carbons (Fsp3) is 0.733. The van der Waals surface area contributed by atoms with Gasteiger partial charge in [-0.3, -0.25) is 0 Å². The molecule has 2 aliphatic rings. The van der Waals surface area contributed by atoms with E-state index in [9.17, 15) is 0 Å². The predicted molar refractivity (Wildman–Crippen MR) is 66.7 cm³/mol. The summed E-state index contributed by atoms with van der Waals surface area (Å²) in [6.45, 7) is 11.4. The molecule has 84 valence electrons. The van der Waals surface area contributed by atoms with Crippen molar-refractivity contribution in [1.29, 1.82) is 0 Å². The Hall–Kier alpha value is -0.520. The molecule has 2 rings (SSSR count). The van der Waals surface area contributed by atoms with Crippen LogP contribution in [0.5, 0.6) is 0 Å². The Morgan fingerprint density at radius 1 is 1.33 bits per heavy atom. The van der Waals surface area contributed by atoms with Crippen LogP contribution in [0.25, 0.3) is 0 Å². The second kappa shape index (κ2) is 3.81. The Morgan fingerprint density at radius 2 is 2.07 bits per heavy atom. The number of fused-ring (bicyclic) bond motifs is 1. The summed E-state index contributed by atoms with van der Waals surface area (Å²) in [6, 6.07) is 0. The molecule has 0 aromatic rings. The van der Waals surface area contributed by atoms with Crippen LogP contribution in [0.2, 0.25) is 0 Å². The fourth-order valence-corrected chi connectivity index (χ4v) is 3.37. The molecule has 0 heteroatoms. The largest absolute Gasteiger partial charge is 0.0996 e. The van der Waals surface area contributed by atoms with Crippen LogP contribution in [0.1, 0.15) is 52.9 Å². The van der Waals surface area contributed by atoms with Crippen molar-refractivity contribution in [2.75, 3.05) is 0 Å². The summed E-state index contributed by atoms with van der Waals surface area (Å²) in [4.78, 5) is 0. The van der Waals surface area contributed by atoms with E-state index in [-0.39, 0.29) is 0 Å². The number of hydrogen-bond donors (Lipinski definition) is 0. The highest BCUT2D eigenvalue weighted by atomic mass is 14.5. The molecule has 2 aliphatic carbocycles. The van der Waals surface area contributed by atoms with Crippen molar-refractivity contribution < 1.29 is 0 Å². The smallest absolute Gasteiger partial charge is 0.0164 e. The summed E-state index contributed by atoms with van der Waals surface area (Å²) in [6.07, 6.45) is 8.97. The van der Waals surface area contributed by atoms with Crippen LogP contribution in [0.4, 0.5) is 0 Å². The van der Waals surface area contributed by atoms with Crippen LogP contribution >= 0.6 is 0 Å². The molecule has 0 amide bonds. The van der Waals surface area contributed by atoms with E-state index in [0.717, 1.165) is 11.8 Å². The third-order valence-electron chi connectivity index (χ3n) is 4.55. The molecule has 2 unspecified atom stereocenters. The second-order valence-corrected chi connectivity index (χ2v) is 6.20. The molecule has 0 saturated heterocycles.